The molecule has 2 rings (SSSR count). The van der Waals surface area contributed by atoms with Crippen LogP contribution in [0, 0.1) is 27.9 Å². The molecule has 0 fully saturated rings. The molecule has 0 radical (unpaired) electrons. The molecule has 1 N–H and O–H groups in total. The molecule has 0 unspecified atom stereocenters. The van der Waals surface area contributed by atoms with Gasteiger partial charge in [-0.15, -0.1) is 0 Å². The number of hydrogen-bond acceptors (Lipinski definition) is 4. The number of aryl methyl sites for hydroxylation is 2. The maximum absolute atomic E-state index is 12.0. The smallest absolute Gasteiger partial charge is 0.277 e. The molecule has 26 heavy (non-hydrogen) atoms. The standard InChI is InChI=1S/C19H20I2N2O3/c1-11-5-6-12(2)18(13(11)3)26-10-17(24)23-22-9-14-7-15(20)8-16(21)19(14)25-4/h5-9H,10H2,1-4H3,(H,23,24)/b22-9-. The fourth-order valence-corrected chi connectivity index (χ4v) is 4.49. The number of rotatable bonds is 6. The van der Waals surface area contributed by atoms with Crippen LogP contribution in [0.4, 0.5) is 0 Å². The van der Waals surface area contributed by atoms with Crippen molar-refractivity contribution in [2.24, 2.45) is 5.10 Å². The zero-order valence-corrected chi connectivity index (χ0v) is 19.3. The second kappa shape index (κ2) is 9.54. The predicted molar refractivity (Wildman–Crippen MR) is 120 cm³/mol. The molecule has 5 nitrogen and oxygen atoms in total. The van der Waals surface area contributed by atoms with E-state index in [1.807, 2.05) is 45.0 Å². The van der Waals surface area contributed by atoms with Gasteiger partial charge in [-0.05, 0) is 94.8 Å². The van der Waals surface area contributed by atoms with Crippen molar-refractivity contribution >= 4 is 57.3 Å². The minimum Gasteiger partial charge on any atom is -0.495 e. The van der Waals surface area contributed by atoms with E-state index in [0.29, 0.717) is 0 Å². The zero-order chi connectivity index (χ0) is 19.3. The molecular formula is C19H20I2N2O3. The van der Waals surface area contributed by atoms with Gasteiger partial charge >= 0.3 is 0 Å². The van der Waals surface area contributed by atoms with Crippen molar-refractivity contribution < 1.29 is 14.3 Å². The minimum atomic E-state index is -0.319. The number of ether oxygens (including phenoxy) is 2. The number of nitrogens with one attached hydrogen (secondary N) is 1. The van der Waals surface area contributed by atoms with E-state index in [4.69, 9.17) is 9.47 Å². The SMILES string of the molecule is COc1c(I)cc(I)cc1/C=N\NC(=O)COc1c(C)ccc(C)c1C. The van der Waals surface area contributed by atoms with Gasteiger partial charge in [-0.1, -0.05) is 12.1 Å². The molecule has 0 saturated carbocycles. The van der Waals surface area contributed by atoms with Crippen molar-refractivity contribution in [1.82, 2.24) is 5.43 Å². The van der Waals surface area contributed by atoms with Gasteiger partial charge in [-0.2, -0.15) is 5.10 Å². The van der Waals surface area contributed by atoms with Crippen LogP contribution in [0.15, 0.2) is 29.4 Å². The molecular weight excluding hydrogens is 558 g/mol. The number of hydrogen-bond donors (Lipinski definition) is 1. The van der Waals surface area contributed by atoms with Crippen LogP contribution >= 0.6 is 45.2 Å². The third kappa shape index (κ3) is 5.32. The second-order valence-electron chi connectivity index (χ2n) is 5.75. The average molecular weight is 578 g/mol. The van der Waals surface area contributed by atoms with Gasteiger partial charge in [0, 0.05) is 9.13 Å². The van der Waals surface area contributed by atoms with Crippen LogP contribution < -0.4 is 14.9 Å². The first kappa shape index (κ1) is 20.9. The summed E-state index contributed by atoms with van der Waals surface area (Å²) in [5.74, 6) is 1.16. The Kier molecular flexibility index (Phi) is 7.69. The van der Waals surface area contributed by atoms with Crippen molar-refractivity contribution in [2.75, 3.05) is 13.7 Å². The van der Waals surface area contributed by atoms with Gasteiger partial charge in [0.1, 0.15) is 11.5 Å². The molecule has 0 aliphatic heterocycles. The highest BCUT2D eigenvalue weighted by molar-refractivity contribution is 14.1. The number of halogens is 2. The quantitative estimate of drug-likeness (QED) is 0.315. The summed E-state index contributed by atoms with van der Waals surface area (Å²) in [5.41, 5.74) is 6.46. The molecule has 0 aromatic heterocycles. The van der Waals surface area contributed by atoms with Crippen molar-refractivity contribution in [1.29, 1.82) is 0 Å². The number of carbonyl (C=O) groups excluding carboxylic acids is 1. The van der Waals surface area contributed by atoms with Crippen LogP contribution in [0.1, 0.15) is 22.3 Å². The Morgan fingerprint density at radius 3 is 2.54 bits per heavy atom. The fourth-order valence-electron chi connectivity index (χ4n) is 2.38. The van der Waals surface area contributed by atoms with Crippen LogP contribution in [0.25, 0.3) is 0 Å². The monoisotopic (exact) mass is 578 g/mol. The molecule has 0 aliphatic carbocycles. The van der Waals surface area contributed by atoms with Gasteiger partial charge in [-0.25, -0.2) is 5.43 Å². The lowest BCUT2D eigenvalue weighted by molar-refractivity contribution is -0.123. The molecule has 138 valence electrons. The number of carbonyl (C=O) groups is 1. The molecule has 2 aromatic carbocycles. The maximum Gasteiger partial charge on any atom is 0.277 e. The van der Waals surface area contributed by atoms with Crippen LogP contribution in [-0.2, 0) is 4.79 Å². The Hall–Kier alpha value is -1.36. The third-order valence-electron chi connectivity index (χ3n) is 3.86. The minimum absolute atomic E-state index is 0.0938. The number of benzene rings is 2. The molecule has 0 heterocycles. The normalized spacial score (nSPS) is 10.8. The molecule has 0 bridgehead atoms. The third-order valence-corrected chi connectivity index (χ3v) is 5.28. The first-order chi connectivity index (χ1) is 12.3. The summed E-state index contributed by atoms with van der Waals surface area (Å²) in [6.07, 6.45) is 1.57. The van der Waals surface area contributed by atoms with E-state index in [2.05, 4.69) is 55.7 Å². The van der Waals surface area contributed by atoms with Crippen LogP contribution in [-0.4, -0.2) is 25.8 Å². The molecule has 0 aliphatic rings. The zero-order valence-electron chi connectivity index (χ0n) is 15.0. The van der Waals surface area contributed by atoms with E-state index in [9.17, 15) is 4.79 Å². The van der Waals surface area contributed by atoms with E-state index in [0.717, 1.165) is 40.9 Å². The van der Waals surface area contributed by atoms with E-state index < -0.39 is 0 Å². The number of amides is 1. The summed E-state index contributed by atoms with van der Waals surface area (Å²) in [7, 11) is 1.61. The van der Waals surface area contributed by atoms with Crippen LogP contribution in [0.5, 0.6) is 11.5 Å². The van der Waals surface area contributed by atoms with E-state index in [1.54, 1.807) is 13.3 Å². The Morgan fingerprint density at radius 2 is 1.85 bits per heavy atom. The van der Waals surface area contributed by atoms with Gasteiger partial charge in [0.2, 0.25) is 0 Å². The Bertz CT molecular complexity index is 851. The van der Waals surface area contributed by atoms with E-state index in [-0.39, 0.29) is 12.5 Å². The Morgan fingerprint density at radius 1 is 1.15 bits per heavy atom. The number of methoxy groups -OCH3 is 1. The maximum atomic E-state index is 12.0. The lowest BCUT2D eigenvalue weighted by Crippen LogP contribution is -2.25. The van der Waals surface area contributed by atoms with Crippen molar-refractivity contribution in [3.05, 3.63) is 53.7 Å². The van der Waals surface area contributed by atoms with Crippen molar-refractivity contribution in [3.8, 4) is 11.5 Å². The Balaban J connectivity index is 2.00. The summed E-state index contributed by atoms with van der Waals surface area (Å²) in [4.78, 5) is 12.0. The van der Waals surface area contributed by atoms with Gasteiger partial charge in [-0.3, -0.25) is 4.79 Å². The van der Waals surface area contributed by atoms with Gasteiger partial charge in [0.05, 0.1) is 16.9 Å². The average Bonchev–Trinajstić information content (AvgIpc) is 2.58. The highest BCUT2D eigenvalue weighted by Gasteiger charge is 2.10. The largest absolute Gasteiger partial charge is 0.495 e. The lowest BCUT2D eigenvalue weighted by atomic mass is 10.1. The molecule has 0 saturated heterocycles. The molecule has 2 aromatic rings. The lowest BCUT2D eigenvalue weighted by Gasteiger charge is -2.13. The first-order valence-electron chi connectivity index (χ1n) is 7.88. The van der Waals surface area contributed by atoms with E-state index in [1.165, 1.54) is 0 Å². The predicted octanol–water partition coefficient (Wildman–Crippen LogP) is 4.36. The summed E-state index contributed by atoms with van der Waals surface area (Å²) < 4.78 is 13.1. The van der Waals surface area contributed by atoms with Crippen LogP contribution in [0.3, 0.4) is 0 Å². The molecule has 1 amide bonds. The van der Waals surface area contributed by atoms with Gasteiger partial charge < -0.3 is 9.47 Å². The highest BCUT2D eigenvalue weighted by Crippen LogP contribution is 2.27. The number of hydrazone groups is 1. The van der Waals surface area contributed by atoms with Crippen molar-refractivity contribution in [3.63, 3.8) is 0 Å². The molecule has 0 atom stereocenters. The van der Waals surface area contributed by atoms with Crippen LogP contribution in [0.2, 0.25) is 0 Å². The fraction of sp³-hybridized carbons (Fsp3) is 0.263. The van der Waals surface area contributed by atoms with Gasteiger partial charge in [0.15, 0.2) is 6.61 Å². The van der Waals surface area contributed by atoms with E-state index >= 15 is 0 Å². The Labute approximate surface area is 180 Å². The number of nitrogens with zero attached hydrogens (tertiary/aromatic N) is 1. The second-order valence-corrected chi connectivity index (χ2v) is 8.15. The summed E-state index contributed by atoms with van der Waals surface area (Å²) in [6, 6.07) is 7.97. The topological polar surface area (TPSA) is 59.9 Å². The first-order valence-corrected chi connectivity index (χ1v) is 10.0. The summed E-state index contributed by atoms with van der Waals surface area (Å²) in [6.45, 7) is 5.87. The summed E-state index contributed by atoms with van der Waals surface area (Å²) >= 11 is 4.43. The van der Waals surface area contributed by atoms with Crippen molar-refractivity contribution in [2.45, 2.75) is 20.8 Å². The summed E-state index contributed by atoms with van der Waals surface area (Å²) in [5, 5.41) is 4.02. The van der Waals surface area contributed by atoms with Gasteiger partial charge in [0.25, 0.3) is 5.91 Å². The molecule has 0 spiro atoms. The molecule has 7 heteroatoms. The highest BCUT2D eigenvalue weighted by atomic mass is 127.